The highest BCUT2D eigenvalue weighted by Gasteiger charge is 2.15. The molecule has 0 aliphatic rings. The summed E-state index contributed by atoms with van der Waals surface area (Å²) in [6, 6.07) is 24.0. The minimum absolute atomic E-state index is 0.220. The number of ether oxygens (including phenoxy) is 2. The average Bonchev–Trinajstić information content (AvgIpc) is 3.39. The number of rotatable bonds is 7. The smallest absolute Gasteiger partial charge is 0.161 e. The van der Waals surface area contributed by atoms with Crippen LogP contribution in [-0.4, -0.2) is 30.8 Å². The summed E-state index contributed by atoms with van der Waals surface area (Å²) in [6.45, 7) is 6.00. The first-order valence-corrected chi connectivity index (χ1v) is 12.4. The molecule has 0 fully saturated rings. The third-order valence-electron chi connectivity index (χ3n) is 5.85. The molecule has 5 aromatic rings. The summed E-state index contributed by atoms with van der Waals surface area (Å²) in [5, 5.41) is 29.2. The first-order valence-electron chi connectivity index (χ1n) is 12.4. The van der Waals surface area contributed by atoms with Gasteiger partial charge in [-0.1, -0.05) is 17.3 Å². The van der Waals surface area contributed by atoms with Crippen molar-refractivity contribution in [2.75, 3.05) is 0 Å². The summed E-state index contributed by atoms with van der Waals surface area (Å²) in [6.07, 6.45) is 2.05. The van der Waals surface area contributed by atoms with Crippen molar-refractivity contribution in [2.24, 2.45) is 0 Å². The van der Waals surface area contributed by atoms with Crippen LogP contribution in [0.1, 0.15) is 31.9 Å². The van der Waals surface area contributed by atoms with E-state index in [4.69, 9.17) is 9.47 Å². The predicted molar refractivity (Wildman–Crippen MR) is 146 cm³/mol. The van der Waals surface area contributed by atoms with Crippen LogP contribution in [0.2, 0.25) is 0 Å². The summed E-state index contributed by atoms with van der Waals surface area (Å²) < 4.78 is 26.7. The van der Waals surface area contributed by atoms with Gasteiger partial charge in [0, 0.05) is 17.5 Å². The molecule has 39 heavy (non-hydrogen) atoms. The lowest BCUT2D eigenvalue weighted by molar-refractivity contribution is 0.131. The van der Waals surface area contributed by atoms with E-state index in [9.17, 15) is 14.6 Å². The van der Waals surface area contributed by atoms with E-state index in [-0.39, 0.29) is 22.9 Å². The number of hydrogen-bond acceptors (Lipinski definition) is 6. The van der Waals surface area contributed by atoms with Crippen LogP contribution in [0.15, 0.2) is 91.1 Å². The molecular weight excluding hydrogens is 497 g/mol. The van der Waals surface area contributed by atoms with E-state index >= 15 is 0 Å². The monoisotopic (exact) mass is 525 g/mol. The van der Waals surface area contributed by atoms with Gasteiger partial charge >= 0.3 is 0 Å². The van der Waals surface area contributed by atoms with Crippen molar-refractivity contribution in [1.29, 1.82) is 0 Å². The van der Waals surface area contributed by atoms with E-state index in [2.05, 4.69) is 10.3 Å². The standard InChI is InChI=1S/C31H28FN3O4/c1-31(2,3)39-27-14-12-26(13-15-27)38-25-10-8-24(9-11-25)35-19-28(33-34-35)21-17-22(30(37)29(36)18-21)16-20-4-6-23(32)7-5-20/h4-15,17-19,36-37H,16H2,1-3H3. The van der Waals surface area contributed by atoms with E-state index in [1.165, 1.54) is 18.2 Å². The first kappa shape index (κ1) is 25.8. The maximum atomic E-state index is 13.3. The van der Waals surface area contributed by atoms with Gasteiger partial charge in [0.15, 0.2) is 11.5 Å². The molecule has 0 saturated heterocycles. The normalized spacial score (nSPS) is 11.4. The van der Waals surface area contributed by atoms with Crippen LogP contribution in [0.5, 0.6) is 28.7 Å². The molecule has 0 amide bonds. The Morgan fingerprint density at radius 3 is 2.08 bits per heavy atom. The largest absolute Gasteiger partial charge is 0.504 e. The van der Waals surface area contributed by atoms with Crippen LogP contribution < -0.4 is 9.47 Å². The van der Waals surface area contributed by atoms with Crippen molar-refractivity contribution in [3.8, 4) is 45.7 Å². The fraction of sp³-hybridized carbons (Fsp3) is 0.161. The Labute approximate surface area is 225 Å². The van der Waals surface area contributed by atoms with Crippen LogP contribution in [0.25, 0.3) is 16.9 Å². The molecule has 1 heterocycles. The highest BCUT2D eigenvalue weighted by atomic mass is 19.1. The minimum Gasteiger partial charge on any atom is -0.504 e. The summed E-state index contributed by atoms with van der Waals surface area (Å²) in [5.74, 6) is 1.31. The van der Waals surface area contributed by atoms with Gasteiger partial charge in [0.05, 0.1) is 11.9 Å². The molecule has 0 saturated carbocycles. The molecule has 0 spiro atoms. The van der Waals surface area contributed by atoms with Crippen LogP contribution in [-0.2, 0) is 6.42 Å². The number of aromatic nitrogens is 3. The van der Waals surface area contributed by atoms with Gasteiger partial charge in [0.1, 0.15) is 34.4 Å². The SMILES string of the molecule is CC(C)(C)Oc1ccc(Oc2ccc(-n3cc(-c4cc(O)c(O)c(Cc5ccc(F)cc5)c4)nn3)cc2)cc1. The number of aromatic hydroxyl groups is 2. The zero-order valence-corrected chi connectivity index (χ0v) is 21.8. The van der Waals surface area contributed by atoms with Gasteiger partial charge in [-0.05, 0) is 99.1 Å². The molecule has 2 N–H and O–H groups in total. The molecule has 7 nitrogen and oxygen atoms in total. The van der Waals surface area contributed by atoms with Gasteiger partial charge in [-0.15, -0.1) is 5.10 Å². The lowest BCUT2D eigenvalue weighted by Gasteiger charge is -2.21. The highest BCUT2D eigenvalue weighted by molar-refractivity contribution is 5.66. The number of benzene rings is 4. The molecule has 4 aromatic carbocycles. The van der Waals surface area contributed by atoms with Crippen molar-refractivity contribution in [3.63, 3.8) is 0 Å². The Bertz CT molecular complexity index is 1570. The van der Waals surface area contributed by atoms with E-state index in [0.29, 0.717) is 34.7 Å². The van der Waals surface area contributed by atoms with Gasteiger partial charge in [-0.3, -0.25) is 0 Å². The third kappa shape index (κ3) is 6.35. The van der Waals surface area contributed by atoms with E-state index in [0.717, 1.165) is 17.0 Å². The number of phenols is 2. The Balaban J connectivity index is 1.30. The molecule has 198 valence electrons. The fourth-order valence-electron chi connectivity index (χ4n) is 4.04. The Morgan fingerprint density at radius 2 is 1.44 bits per heavy atom. The molecule has 0 aliphatic carbocycles. The van der Waals surface area contributed by atoms with Crippen molar-refractivity contribution in [2.45, 2.75) is 32.8 Å². The van der Waals surface area contributed by atoms with Crippen LogP contribution in [0, 0.1) is 5.82 Å². The van der Waals surface area contributed by atoms with Gasteiger partial charge in [-0.25, -0.2) is 9.07 Å². The Morgan fingerprint density at radius 1 is 0.821 bits per heavy atom. The second kappa shape index (κ2) is 10.5. The first-order chi connectivity index (χ1) is 18.6. The number of phenolic OH excluding ortho intramolecular Hbond substituents is 2. The Kier molecular flexibility index (Phi) is 6.94. The number of halogens is 1. The van der Waals surface area contributed by atoms with Crippen molar-refractivity contribution >= 4 is 0 Å². The zero-order chi connectivity index (χ0) is 27.6. The van der Waals surface area contributed by atoms with E-state index in [1.54, 1.807) is 29.1 Å². The third-order valence-corrected chi connectivity index (χ3v) is 5.85. The second-order valence-electron chi connectivity index (χ2n) is 10.1. The minimum atomic E-state index is -0.337. The second-order valence-corrected chi connectivity index (χ2v) is 10.1. The van der Waals surface area contributed by atoms with Gasteiger partial charge < -0.3 is 19.7 Å². The molecule has 5 rings (SSSR count). The highest BCUT2D eigenvalue weighted by Crippen LogP contribution is 2.35. The lowest BCUT2D eigenvalue weighted by Crippen LogP contribution is -2.22. The maximum Gasteiger partial charge on any atom is 0.161 e. The fourth-order valence-corrected chi connectivity index (χ4v) is 4.04. The lowest BCUT2D eigenvalue weighted by atomic mass is 10.00. The van der Waals surface area contributed by atoms with Crippen molar-refractivity contribution in [3.05, 3.63) is 108 Å². The summed E-state index contributed by atoms with van der Waals surface area (Å²) >= 11 is 0. The van der Waals surface area contributed by atoms with Crippen molar-refractivity contribution < 1.29 is 24.1 Å². The summed E-state index contributed by atoms with van der Waals surface area (Å²) in [7, 11) is 0. The van der Waals surface area contributed by atoms with Crippen molar-refractivity contribution in [1.82, 2.24) is 15.0 Å². The molecule has 1 aromatic heterocycles. The van der Waals surface area contributed by atoms with Gasteiger partial charge in [0.25, 0.3) is 0 Å². The van der Waals surface area contributed by atoms with E-state index in [1.807, 2.05) is 69.3 Å². The van der Waals surface area contributed by atoms with Crippen LogP contribution >= 0.6 is 0 Å². The maximum absolute atomic E-state index is 13.3. The Hall–Kier alpha value is -4.85. The molecule has 0 unspecified atom stereocenters. The summed E-state index contributed by atoms with van der Waals surface area (Å²) in [5.41, 5.74) is 2.89. The molecule has 0 radical (unpaired) electrons. The zero-order valence-electron chi connectivity index (χ0n) is 21.8. The van der Waals surface area contributed by atoms with Gasteiger partial charge in [0.2, 0.25) is 0 Å². The number of hydrogen-bond donors (Lipinski definition) is 2. The molecule has 0 bridgehead atoms. The molecule has 8 heteroatoms. The topological polar surface area (TPSA) is 89.6 Å². The van der Waals surface area contributed by atoms with Crippen LogP contribution in [0.4, 0.5) is 4.39 Å². The van der Waals surface area contributed by atoms with E-state index < -0.39 is 0 Å². The van der Waals surface area contributed by atoms with Gasteiger partial charge in [-0.2, -0.15) is 0 Å². The molecule has 0 atom stereocenters. The molecule has 0 aliphatic heterocycles. The van der Waals surface area contributed by atoms with Crippen LogP contribution in [0.3, 0.4) is 0 Å². The number of nitrogens with zero attached hydrogens (tertiary/aromatic N) is 3. The molecular formula is C31H28FN3O4. The summed E-state index contributed by atoms with van der Waals surface area (Å²) in [4.78, 5) is 0. The predicted octanol–water partition coefficient (Wildman–Crippen LogP) is 7.05. The average molecular weight is 526 g/mol. The quantitative estimate of drug-likeness (QED) is 0.222.